The molecule has 1 aliphatic carbocycles. The Labute approximate surface area is 99.2 Å². The standard InChI is InChI=1S/C13H13FN2O/c1-9-3-4-10(14)11(7-9)16-12(17)13(8-15)5-2-6-13/h3-4,7H,2,5-6H2,1H3,(H,16,17). The van der Waals surface area contributed by atoms with Crippen LogP contribution in [0.1, 0.15) is 24.8 Å². The summed E-state index contributed by atoms with van der Waals surface area (Å²) in [7, 11) is 0. The van der Waals surface area contributed by atoms with Crippen molar-refractivity contribution in [2.75, 3.05) is 5.32 Å². The Morgan fingerprint density at radius 3 is 2.76 bits per heavy atom. The summed E-state index contributed by atoms with van der Waals surface area (Å²) in [5, 5.41) is 11.5. The monoisotopic (exact) mass is 232 g/mol. The van der Waals surface area contributed by atoms with Crippen molar-refractivity contribution < 1.29 is 9.18 Å². The third-order valence-electron chi connectivity index (χ3n) is 3.23. The van der Waals surface area contributed by atoms with Gasteiger partial charge in [-0.3, -0.25) is 4.79 Å². The second-order valence-corrected chi connectivity index (χ2v) is 4.48. The molecular formula is C13H13FN2O. The summed E-state index contributed by atoms with van der Waals surface area (Å²) in [5.74, 6) is -0.868. The molecule has 0 aliphatic heterocycles. The highest BCUT2D eigenvalue weighted by atomic mass is 19.1. The largest absolute Gasteiger partial charge is 0.322 e. The van der Waals surface area contributed by atoms with E-state index in [1.54, 1.807) is 12.1 Å². The van der Waals surface area contributed by atoms with E-state index in [0.29, 0.717) is 12.8 Å². The summed E-state index contributed by atoms with van der Waals surface area (Å²) >= 11 is 0. The van der Waals surface area contributed by atoms with Crippen molar-refractivity contribution in [3.63, 3.8) is 0 Å². The maximum absolute atomic E-state index is 13.4. The lowest BCUT2D eigenvalue weighted by molar-refractivity contribution is -0.126. The van der Waals surface area contributed by atoms with Gasteiger partial charge in [0, 0.05) is 0 Å². The minimum atomic E-state index is -0.948. The van der Waals surface area contributed by atoms with Crippen molar-refractivity contribution in [2.45, 2.75) is 26.2 Å². The molecule has 1 aromatic carbocycles. The van der Waals surface area contributed by atoms with Crippen LogP contribution < -0.4 is 5.32 Å². The number of aryl methyl sites for hydroxylation is 1. The van der Waals surface area contributed by atoms with E-state index >= 15 is 0 Å². The van der Waals surface area contributed by atoms with E-state index in [-0.39, 0.29) is 5.69 Å². The highest BCUT2D eigenvalue weighted by molar-refractivity contribution is 5.98. The Hall–Kier alpha value is -1.89. The van der Waals surface area contributed by atoms with Crippen LogP contribution in [0.2, 0.25) is 0 Å². The normalized spacial score (nSPS) is 16.8. The third-order valence-corrected chi connectivity index (χ3v) is 3.23. The first-order valence-corrected chi connectivity index (χ1v) is 5.56. The molecule has 88 valence electrons. The maximum atomic E-state index is 13.4. The molecule has 3 nitrogen and oxygen atoms in total. The molecule has 2 rings (SSSR count). The Kier molecular flexibility index (Phi) is 2.84. The molecule has 17 heavy (non-hydrogen) atoms. The fourth-order valence-electron chi connectivity index (χ4n) is 1.90. The number of carbonyl (C=O) groups excluding carboxylic acids is 1. The van der Waals surface area contributed by atoms with Gasteiger partial charge in [-0.2, -0.15) is 5.26 Å². The number of hydrogen-bond donors (Lipinski definition) is 1. The minimum absolute atomic E-state index is 0.150. The van der Waals surface area contributed by atoms with E-state index in [9.17, 15) is 9.18 Å². The average molecular weight is 232 g/mol. The fraction of sp³-hybridized carbons (Fsp3) is 0.385. The van der Waals surface area contributed by atoms with E-state index in [1.165, 1.54) is 6.07 Å². The van der Waals surface area contributed by atoms with Crippen LogP contribution in [0.3, 0.4) is 0 Å². The summed E-state index contributed by atoms with van der Waals surface area (Å²) in [6.45, 7) is 1.82. The summed E-state index contributed by atoms with van der Waals surface area (Å²) in [6, 6.07) is 6.54. The van der Waals surface area contributed by atoms with E-state index < -0.39 is 17.1 Å². The predicted octanol–water partition coefficient (Wildman–Crippen LogP) is 2.77. The average Bonchev–Trinajstić information content (AvgIpc) is 2.23. The molecule has 1 amide bonds. The first-order chi connectivity index (χ1) is 8.07. The van der Waals surface area contributed by atoms with Gasteiger partial charge in [0.1, 0.15) is 11.2 Å². The topological polar surface area (TPSA) is 52.9 Å². The molecule has 1 saturated carbocycles. The van der Waals surface area contributed by atoms with Gasteiger partial charge >= 0.3 is 0 Å². The smallest absolute Gasteiger partial charge is 0.244 e. The van der Waals surface area contributed by atoms with Gasteiger partial charge < -0.3 is 5.32 Å². The van der Waals surface area contributed by atoms with Crippen LogP contribution in [0.5, 0.6) is 0 Å². The van der Waals surface area contributed by atoms with Crippen molar-refractivity contribution in [1.29, 1.82) is 5.26 Å². The molecule has 1 aliphatic rings. The van der Waals surface area contributed by atoms with E-state index in [0.717, 1.165) is 12.0 Å². The minimum Gasteiger partial charge on any atom is -0.322 e. The van der Waals surface area contributed by atoms with Crippen LogP contribution in [-0.2, 0) is 4.79 Å². The van der Waals surface area contributed by atoms with Crippen molar-refractivity contribution >= 4 is 11.6 Å². The second-order valence-electron chi connectivity index (χ2n) is 4.48. The van der Waals surface area contributed by atoms with Crippen molar-refractivity contribution in [3.05, 3.63) is 29.6 Å². The molecule has 0 spiro atoms. The molecule has 0 saturated heterocycles. The number of anilines is 1. The van der Waals surface area contributed by atoms with Gasteiger partial charge in [0.25, 0.3) is 0 Å². The number of halogens is 1. The molecule has 0 bridgehead atoms. The summed E-state index contributed by atoms with van der Waals surface area (Å²) in [4.78, 5) is 11.9. The molecule has 0 heterocycles. The van der Waals surface area contributed by atoms with Gasteiger partial charge in [-0.1, -0.05) is 6.07 Å². The zero-order chi connectivity index (χ0) is 12.5. The van der Waals surface area contributed by atoms with Crippen molar-refractivity contribution in [1.82, 2.24) is 0 Å². The zero-order valence-corrected chi connectivity index (χ0v) is 9.59. The lowest BCUT2D eigenvalue weighted by Gasteiger charge is -2.33. The molecule has 1 aromatic rings. The number of nitrogens with zero attached hydrogens (tertiary/aromatic N) is 1. The van der Waals surface area contributed by atoms with Crippen LogP contribution in [0, 0.1) is 29.5 Å². The first kappa shape index (κ1) is 11.6. The first-order valence-electron chi connectivity index (χ1n) is 5.56. The number of rotatable bonds is 2. The molecule has 0 atom stereocenters. The number of carbonyl (C=O) groups is 1. The van der Waals surface area contributed by atoms with Crippen LogP contribution >= 0.6 is 0 Å². The number of nitriles is 1. The van der Waals surface area contributed by atoms with Crippen molar-refractivity contribution in [2.24, 2.45) is 5.41 Å². The highest BCUT2D eigenvalue weighted by Gasteiger charge is 2.44. The van der Waals surface area contributed by atoms with Crippen molar-refractivity contribution in [3.8, 4) is 6.07 Å². The van der Waals surface area contributed by atoms with Crippen LogP contribution in [0.15, 0.2) is 18.2 Å². The van der Waals surface area contributed by atoms with E-state index in [4.69, 9.17) is 5.26 Å². The van der Waals surface area contributed by atoms with Crippen LogP contribution in [0.4, 0.5) is 10.1 Å². The van der Waals surface area contributed by atoms with E-state index in [1.807, 2.05) is 13.0 Å². The zero-order valence-electron chi connectivity index (χ0n) is 9.59. The van der Waals surface area contributed by atoms with Crippen LogP contribution in [-0.4, -0.2) is 5.91 Å². The van der Waals surface area contributed by atoms with Gasteiger partial charge in [0.15, 0.2) is 0 Å². The fourth-order valence-corrected chi connectivity index (χ4v) is 1.90. The number of hydrogen-bond acceptors (Lipinski definition) is 2. The molecular weight excluding hydrogens is 219 g/mol. The molecule has 0 unspecified atom stereocenters. The lowest BCUT2D eigenvalue weighted by atomic mass is 9.69. The second kappa shape index (κ2) is 4.17. The summed E-state index contributed by atoms with van der Waals surface area (Å²) in [5.41, 5.74) is 0.0637. The number of benzene rings is 1. The molecule has 1 N–H and O–H groups in total. The van der Waals surface area contributed by atoms with Gasteiger partial charge in [-0.05, 0) is 43.9 Å². The third kappa shape index (κ3) is 2.01. The summed E-state index contributed by atoms with van der Waals surface area (Å²) < 4.78 is 13.4. The van der Waals surface area contributed by atoms with Gasteiger partial charge in [0.05, 0.1) is 11.8 Å². The van der Waals surface area contributed by atoms with E-state index in [2.05, 4.69) is 5.32 Å². The van der Waals surface area contributed by atoms with Crippen LogP contribution in [0.25, 0.3) is 0 Å². The molecule has 4 heteroatoms. The van der Waals surface area contributed by atoms with Gasteiger partial charge in [0.2, 0.25) is 5.91 Å². The molecule has 0 radical (unpaired) electrons. The number of nitrogens with one attached hydrogen (secondary N) is 1. The summed E-state index contributed by atoms with van der Waals surface area (Å²) in [6.07, 6.45) is 1.99. The number of amides is 1. The Balaban J connectivity index is 2.19. The van der Waals surface area contributed by atoms with Gasteiger partial charge in [-0.15, -0.1) is 0 Å². The predicted molar refractivity (Wildman–Crippen MR) is 61.7 cm³/mol. The maximum Gasteiger partial charge on any atom is 0.244 e. The Bertz CT molecular complexity index is 501. The molecule has 0 aromatic heterocycles. The quantitative estimate of drug-likeness (QED) is 0.852. The Morgan fingerprint density at radius 2 is 2.24 bits per heavy atom. The molecule has 1 fully saturated rings. The lowest BCUT2D eigenvalue weighted by Crippen LogP contribution is -2.40. The SMILES string of the molecule is Cc1ccc(F)c(NC(=O)C2(C#N)CCC2)c1. The highest BCUT2D eigenvalue weighted by Crippen LogP contribution is 2.41. The Morgan fingerprint density at radius 1 is 1.53 bits per heavy atom. The van der Waals surface area contributed by atoms with Gasteiger partial charge in [-0.25, -0.2) is 4.39 Å².